The Balaban J connectivity index is 2.76. The molecule has 0 bridgehead atoms. The van der Waals surface area contributed by atoms with E-state index in [1.54, 1.807) is 26.4 Å². The highest BCUT2D eigenvalue weighted by molar-refractivity contribution is 5.36. The number of rotatable bonds is 6. The molecule has 0 spiro atoms. The van der Waals surface area contributed by atoms with E-state index in [2.05, 4.69) is 5.32 Å². The van der Waals surface area contributed by atoms with Crippen molar-refractivity contribution in [3.8, 4) is 5.75 Å². The van der Waals surface area contributed by atoms with Crippen LogP contribution in [0.15, 0.2) is 18.2 Å². The number of hydrogen-bond acceptors (Lipinski definition) is 3. The molecule has 0 saturated heterocycles. The number of ether oxygens (including phenoxy) is 2. The van der Waals surface area contributed by atoms with Gasteiger partial charge in [0, 0.05) is 25.3 Å². The first kappa shape index (κ1) is 12.9. The molecule has 1 atom stereocenters. The molecule has 3 nitrogen and oxygen atoms in total. The topological polar surface area (TPSA) is 30.5 Å². The van der Waals surface area contributed by atoms with Gasteiger partial charge in [-0.05, 0) is 19.1 Å². The van der Waals surface area contributed by atoms with E-state index in [9.17, 15) is 4.39 Å². The summed E-state index contributed by atoms with van der Waals surface area (Å²) in [6.07, 6.45) is 0. The van der Waals surface area contributed by atoms with E-state index in [4.69, 9.17) is 9.47 Å². The number of methoxy groups -OCH3 is 2. The van der Waals surface area contributed by atoms with Crippen LogP contribution >= 0.6 is 0 Å². The number of benzene rings is 1. The number of halogens is 1. The second-order valence-corrected chi connectivity index (χ2v) is 3.52. The van der Waals surface area contributed by atoms with Crippen LogP contribution in [0.3, 0.4) is 0 Å². The molecule has 0 fully saturated rings. The minimum atomic E-state index is -0.253. The Kier molecular flexibility index (Phi) is 5.22. The minimum Gasteiger partial charge on any atom is -0.496 e. The predicted octanol–water partition coefficient (Wildman–Crippen LogP) is 2.13. The summed E-state index contributed by atoms with van der Waals surface area (Å²) in [7, 11) is 3.18. The summed E-state index contributed by atoms with van der Waals surface area (Å²) < 4.78 is 23.7. The molecule has 16 heavy (non-hydrogen) atoms. The summed E-state index contributed by atoms with van der Waals surface area (Å²) in [6, 6.07) is 4.73. The average Bonchev–Trinajstić information content (AvgIpc) is 2.28. The maximum Gasteiger partial charge on any atom is 0.131 e. The highest BCUT2D eigenvalue weighted by Crippen LogP contribution is 2.27. The summed E-state index contributed by atoms with van der Waals surface area (Å²) in [5.74, 6) is 0.314. The molecular formula is C12H18FNO2. The van der Waals surface area contributed by atoms with Crippen LogP contribution in [0.25, 0.3) is 0 Å². The van der Waals surface area contributed by atoms with Gasteiger partial charge in [-0.1, -0.05) is 6.07 Å². The Hall–Kier alpha value is -1.13. The van der Waals surface area contributed by atoms with Gasteiger partial charge >= 0.3 is 0 Å². The molecule has 1 N–H and O–H groups in total. The molecule has 1 aromatic carbocycles. The van der Waals surface area contributed by atoms with Gasteiger partial charge < -0.3 is 14.8 Å². The van der Waals surface area contributed by atoms with E-state index in [0.29, 0.717) is 24.5 Å². The van der Waals surface area contributed by atoms with Crippen molar-refractivity contribution in [1.29, 1.82) is 0 Å². The van der Waals surface area contributed by atoms with Gasteiger partial charge in [0.1, 0.15) is 11.6 Å². The zero-order valence-electron chi connectivity index (χ0n) is 9.92. The van der Waals surface area contributed by atoms with E-state index in [1.807, 2.05) is 6.92 Å². The Morgan fingerprint density at radius 3 is 2.75 bits per heavy atom. The van der Waals surface area contributed by atoms with Crippen LogP contribution in [0.1, 0.15) is 18.5 Å². The lowest BCUT2D eigenvalue weighted by Crippen LogP contribution is -2.24. The van der Waals surface area contributed by atoms with Gasteiger partial charge in [0.2, 0.25) is 0 Å². The lowest BCUT2D eigenvalue weighted by Gasteiger charge is -2.17. The second kappa shape index (κ2) is 6.45. The lowest BCUT2D eigenvalue weighted by molar-refractivity contribution is 0.196. The fraction of sp³-hybridized carbons (Fsp3) is 0.500. The third-order valence-electron chi connectivity index (χ3n) is 2.42. The molecule has 0 saturated carbocycles. The summed E-state index contributed by atoms with van der Waals surface area (Å²) in [5, 5.41) is 3.17. The van der Waals surface area contributed by atoms with Gasteiger partial charge in [0.25, 0.3) is 0 Å². The normalized spacial score (nSPS) is 12.5. The monoisotopic (exact) mass is 227 g/mol. The summed E-state index contributed by atoms with van der Waals surface area (Å²) in [4.78, 5) is 0. The second-order valence-electron chi connectivity index (χ2n) is 3.52. The van der Waals surface area contributed by atoms with Gasteiger partial charge in [-0.3, -0.25) is 0 Å². The van der Waals surface area contributed by atoms with Gasteiger partial charge in [-0.2, -0.15) is 0 Å². The van der Waals surface area contributed by atoms with Gasteiger partial charge in [-0.15, -0.1) is 0 Å². The molecule has 0 radical (unpaired) electrons. The Morgan fingerprint density at radius 1 is 1.38 bits per heavy atom. The SMILES string of the molecule is COCCNC(C)c1c(F)cccc1OC. The third kappa shape index (κ3) is 3.18. The standard InChI is InChI=1S/C12H18FNO2/c1-9(14-7-8-15-2)12-10(13)5-4-6-11(12)16-3/h4-6,9,14H,7-8H2,1-3H3. The highest BCUT2D eigenvalue weighted by atomic mass is 19.1. The van der Waals surface area contributed by atoms with E-state index >= 15 is 0 Å². The van der Waals surface area contributed by atoms with Crippen molar-refractivity contribution < 1.29 is 13.9 Å². The van der Waals surface area contributed by atoms with Crippen molar-refractivity contribution in [3.05, 3.63) is 29.6 Å². The van der Waals surface area contributed by atoms with Gasteiger partial charge in [0.05, 0.1) is 13.7 Å². The third-order valence-corrected chi connectivity index (χ3v) is 2.42. The number of hydrogen-bond donors (Lipinski definition) is 1. The fourth-order valence-electron chi connectivity index (χ4n) is 1.60. The molecule has 1 rings (SSSR count). The quantitative estimate of drug-likeness (QED) is 0.755. The zero-order valence-corrected chi connectivity index (χ0v) is 9.92. The van der Waals surface area contributed by atoms with Gasteiger partial charge in [0.15, 0.2) is 0 Å². The summed E-state index contributed by atoms with van der Waals surface area (Å²) in [6.45, 7) is 3.17. The summed E-state index contributed by atoms with van der Waals surface area (Å²) >= 11 is 0. The molecule has 0 amide bonds. The van der Waals surface area contributed by atoms with Gasteiger partial charge in [-0.25, -0.2) is 4.39 Å². The van der Waals surface area contributed by atoms with Crippen molar-refractivity contribution in [2.24, 2.45) is 0 Å². The molecule has 0 heterocycles. The first-order valence-electron chi connectivity index (χ1n) is 5.25. The van der Waals surface area contributed by atoms with Crippen LogP contribution < -0.4 is 10.1 Å². The number of nitrogens with one attached hydrogen (secondary N) is 1. The molecule has 0 aliphatic rings. The molecular weight excluding hydrogens is 209 g/mol. The average molecular weight is 227 g/mol. The molecule has 0 aliphatic carbocycles. The molecule has 1 unspecified atom stereocenters. The molecule has 0 aromatic heterocycles. The lowest BCUT2D eigenvalue weighted by atomic mass is 10.1. The van der Waals surface area contributed by atoms with Crippen LogP contribution in [0.5, 0.6) is 5.75 Å². The van der Waals surface area contributed by atoms with Crippen molar-refractivity contribution >= 4 is 0 Å². The van der Waals surface area contributed by atoms with Crippen LogP contribution in [-0.2, 0) is 4.74 Å². The van der Waals surface area contributed by atoms with Crippen LogP contribution in [-0.4, -0.2) is 27.4 Å². The first-order chi connectivity index (χ1) is 7.70. The Morgan fingerprint density at radius 2 is 2.12 bits per heavy atom. The zero-order chi connectivity index (χ0) is 12.0. The highest BCUT2D eigenvalue weighted by Gasteiger charge is 2.15. The fourth-order valence-corrected chi connectivity index (χ4v) is 1.60. The Labute approximate surface area is 95.6 Å². The van der Waals surface area contributed by atoms with E-state index in [0.717, 1.165) is 0 Å². The maximum atomic E-state index is 13.6. The van der Waals surface area contributed by atoms with Crippen LogP contribution in [0.4, 0.5) is 4.39 Å². The maximum absolute atomic E-state index is 13.6. The van der Waals surface area contributed by atoms with Crippen LogP contribution in [0, 0.1) is 5.82 Å². The summed E-state index contributed by atoms with van der Waals surface area (Å²) in [5.41, 5.74) is 0.557. The Bertz CT molecular complexity index is 331. The van der Waals surface area contributed by atoms with E-state index < -0.39 is 0 Å². The van der Waals surface area contributed by atoms with E-state index in [-0.39, 0.29) is 11.9 Å². The smallest absolute Gasteiger partial charge is 0.131 e. The van der Waals surface area contributed by atoms with Crippen molar-refractivity contribution in [2.45, 2.75) is 13.0 Å². The van der Waals surface area contributed by atoms with Crippen LogP contribution in [0.2, 0.25) is 0 Å². The minimum absolute atomic E-state index is 0.105. The van der Waals surface area contributed by atoms with Crippen molar-refractivity contribution in [3.63, 3.8) is 0 Å². The van der Waals surface area contributed by atoms with E-state index in [1.165, 1.54) is 6.07 Å². The molecule has 0 aliphatic heterocycles. The van der Waals surface area contributed by atoms with Crippen molar-refractivity contribution in [2.75, 3.05) is 27.4 Å². The molecule has 90 valence electrons. The molecule has 4 heteroatoms. The molecule has 1 aromatic rings. The van der Waals surface area contributed by atoms with Crippen molar-refractivity contribution in [1.82, 2.24) is 5.32 Å². The largest absolute Gasteiger partial charge is 0.496 e. The first-order valence-corrected chi connectivity index (χ1v) is 5.25. The predicted molar refractivity (Wildman–Crippen MR) is 61.2 cm³/mol.